The maximum Gasteiger partial charge on any atom is 0.146 e. The molecule has 0 radical (unpaired) electrons. The molecule has 0 unspecified atom stereocenters. The van der Waals surface area contributed by atoms with Gasteiger partial charge in [-0.2, -0.15) is 0 Å². The van der Waals surface area contributed by atoms with Crippen LogP contribution in [0.5, 0.6) is 5.75 Å². The van der Waals surface area contributed by atoms with Gasteiger partial charge in [0.25, 0.3) is 0 Å². The van der Waals surface area contributed by atoms with E-state index >= 15 is 0 Å². The van der Waals surface area contributed by atoms with Crippen molar-refractivity contribution in [2.24, 2.45) is 0 Å². The van der Waals surface area contributed by atoms with Gasteiger partial charge in [-0.05, 0) is 86.4 Å². The largest absolute Gasteiger partial charge is 0.486 e. The lowest BCUT2D eigenvalue weighted by atomic mass is 9.87. The Kier molecular flexibility index (Phi) is 5.53. The van der Waals surface area contributed by atoms with Crippen molar-refractivity contribution < 1.29 is 9.47 Å². The van der Waals surface area contributed by atoms with Crippen LogP contribution in [-0.2, 0) is 11.3 Å². The van der Waals surface area contributed by atoms with Crippen LogP contribution in [0.1, 0.15) is 59.8 Å². The number of piperidine rings is 1. The van der Waals surface area contributed by atoms with Crippen LogP contribution < -0.4 is 15.4 Å². The van der Waals surface area contributed by atoms with E-state index in [9.17, 15) is 0 Å². The lowest BCUT2D eigenvalue weighted by Gasteiger charge is -2.42. The van der Waals surface area contributed by atoms with Crippen molar-refractivity contribution in [1.82, 2.24) is 15.2 Å². The Balaban J connectivity index is 1.25. The van der Waals surface area contributed by atoms with Crippen LogP contribution in [0, 0.1) is 6.92 Å². The fourth-order valence-corrected chi connectivity index (χ4v) is 5.88. The SMILES string of the molecule is Cc1cc(C2CCN(C3CNC3)CC2)cc2c1OCc1c(C3CCOCC3)ccnc1N2. The number of fused-ring (bicyclic) bond motifs is 2. The van der Waals surface area contributed by atoms with E-state index in [1.165, 1.54) is 48.2 Å². The molecule has 0 bridgehead atoms. The first-order valence-corrected chi connectivity index (χ1v) is 12.3. The average molecular weight is 435 g/mol. The summed E-state index contributed by atoms with van der Waals surface area (Å²) in [4.78, 5) is 7.38. The van der Waals surface area contributed by atoms with E-state index < -0.39 is 0 Å². The summed E-state index contributed by atoms with van der Waals surface area (Å²) in [5.74, 6) is 3.08. The molecular formula is C26H34N4O2. The number of anilines is 2. The fraction of sp³-hybridized carbons (Fsp3) is 0.577. The predicted octanol–water partition coefficient (Wildman–Crippen LogP) is 4.07. The van der Waals surface area contributed by atoms with Crippen LogP contribution in [0.15, 0.2) is 24.4 Å². The number of aromatic nitrogens is 1. The molecule has 0 spiro atoms. The van der Waals surface area contributed by atoms with E-state index in [2.05, 4.69) is 40.7 Å². The van der Waals surface area contributed by atoms with Crippen LogP contribution in [0.4, 0.5) is 11.5 Å². The van der Waals surface area contributed by atoms with E-state index in [4.69, 9.17) is 14.5 Å². The first kappa shape index (κ1) is 20.5. The maximum absolute atomic E-state index is 6.40. The maximum atomic E-state index is 6.40. The number of nitrogens with one attached hydrogen (secondary N) is 2. The predicted molar refractivity (Wildman–Crippen MR) is 126 cm³/mol. The van der Waals surface area contributed by atoms with E-state index in [0.29, 0.717) is 18.4 Å². The third-order valence-corrected chi connectivity index (χ3v) is 7.94. The van der Waals surface area contributed by atoms with Gasteiger partial charge in [-0.1, -0.05) is 6.07 Å². The van der Waals surface area contributed by atoms with Crippen LogP contribution in [-0.4, -0.2) is 55.3 Å². The van der Waals surface area contributed by atoms with Crippen LogP contribution in [0.2, 0.25) is 0 Å². The van der Waals surface area contributed by atoms with Gasteiger partial charge in [0.2, 0.25) is 0 Å². The highest BCUT2D eigenvalue weighted by Crippen LogP contribution is 2.42. The molecule has 1 aromatic carbocycles. The fourth-order valence-electron chi connectivity index (χ4n) is 5.88. The molecule has 3 fully saturated rings. The van der Waals surface area contributed by atoms with Crippen LogP contribution in [0.3, 0.4) is 0 Å². The number of aryl methyl sites for hydroxylation is 1. The van der Waals surface area contributed by atoms with Gasteiger partial charge < -0.3 is 20.1 Å². The Morgan fingerprint density at radius 2 is 1.84 bits per heavy atom. The minimum absolute atomic E-state index is 0.528. The third-order valence-electron chi connectivity index (χ3n) is 7.94. The summed E-state index contributed by atoms with van der Waals surface area (Å²) in [7, 11) is 0. The van der Waals surface area contributed by atoms with Crippen molar-refractivity contribution in [2.45, 2.75) is 57.1 Å². The van der Waals surface area contributed by atoms with Gasteiger partial charge in [0, 0.05) is 44.1 Å². The summed E-state index contributed by atoms with van der Waals surface area (Å²) < 4.78 is 12.0. The van der Waals surface area contributed by atoms with Crippen LogP contribution >= 0.6 is 0 Å². The highest BCUT2D eigenvalue weighted by Gasteiger charge is 2.30. The van der Waals surface area contributed by atoms with E-state index in [-0.39, 0.29) is 0 Å². The molecule has 170 valence electrons. The Labute approximate surface area is 190 Å². The molecule has 4 aliphatic rings. The number of nitrogens with zero attached hydrogens (tertiary/aromatic N) is 2. The summed E-state index contributed by atoms with van der Waals surface area (Å²) in [6.07, 6.45) is 6.56. The Hall–Kier alpha value is -2.15. The molecule has 5 heterocycles. The van der Waals surface area contributed by atoms with E-state index in [1.807, 2.05) is 6.20 Å². The summed E-state index contributed by atoms with van der Waals surface area (Å²) in [5.41, 5.74) is 6.30. The molecule has 6 rings (SSSR count). The molecule has 4 aliphatic heterocycles. The minimum Gasteiger partial charge on any atom is -0.486 e. The lowest BCUT2D eigenvalue weighted by Crippen LogP contribution is -2.58. The topological polar surface area (TPSA) is 58.7 Å². The zero-order chi connectivity index (χ0) is 21.5. The number of pyridine rings is 1. The van der Waals surface area contributed by atoms with Crippen molar-refractivity contribution in [3.63, 3.8) is 0 Å². The van der Waals surface area contributed by atoms with Crippen LogP contribution in [0.25, 0.3) is 0 Å². The molecule has 3 saturated heterocycles. The summed E-state index contributed by atoms with van der Waals surface area (Å²) in [5, 5.41) is 7.07. The van der Waals surface area contributed by atoms with Crippen molar-refractivity contribution in [2.75, 3.05) is 44.7 Å². The Morgan fingerprint density at radius 1 is 1.03 bits per heavy atom. The minimum atomic E-state index is 0.528. The van der Waals surface area contributed by atoms with Gasteiger partial charge in [0.15, 0.2) is 0 Å². The van der Waals surface area contributed by atoms with E-state index in [0.717, 1.165) is 62.4 Å². The molecule has 0 amide bonds. The Morgan fingerprint density at radius 3 is 2.59 bits per heavy atom. The molecule has 32 heavy (non-hydrogen) atoms. The number of ether oxygens (including phenoxy) is 2. The number of hydrogen-bond acceptors (Lipinski definition) is 6. The van der Waals surface area contributed by atoms with Crippen molar-refractivity contribution in [3.05, 3.63) is 46.6 Å². The van der Waals surface area contributed by atoms with Crippen molar-refractivity contribution in [1.29, 1.82) is 0 Å². The molecule has 2 aromatic rings. The quantitative estimate of drug-likeness (QED) is 0.760. The lowest BCUT2D eigenvalue weighted by molar-refractivity contribution is 0.0849. The number of rotatable bonds is 3. The molecule has 6 heteroatoms. The highest BCUT2D eigenvalue weighted by molar-refractivity contribution is 5.71. The zero-order valence-electron chi connectivity index (χ0n) is 19.0. The Bertz CT molecular complexity index is 976. The van der Waals surface area contributed by atoms with Crippen molar-refractivity contribution in [3.8, 4) is 5.75 Å². The standard InChI is InChI=1S/C26H34N4O2/c1-17-12-20(18-3-8-30(9-4-18)21-14-27-15-21)13-24-25(17)32-16-23-22(2-7-28-26(23)29-24)19-5-10-31-11-6-19/h2,7,12-13,18-19,21,27H,3-6,8-11,14-16H2,1H3,(H,28,29). The van der Waals surface area contributed by atoms with Gasteiger partial charge >= 0.3 is 0 Å². The van der Waals surface area contributed by atoms with Gasteiger partial charge in [-0.25, -0.2) is 4.98 Å². The van der Waals surface area contributed by atoms with Gasteiger partial charge in [0.05, 0.1) is 5.69 Å². The third kappa shape index (κ3) is 3.78. The molecule has 0 aliphatic carbocycles. The molecule has 1 aromatic heterocycles. The molecule has 2 N–H and O–H groups in total. The molecule has 6 nitrogen and oxygen atoms in total. The summed E-state index contributed by atoms with van der Waals surface area (Å²) in [6, 6.07) is 7.62. The smallest absolute Gasteiger partial charge is 0.146 e. The van der Waals surface area contributed by atoms with Gasteiger partial charge in [-0.15, -0.1) is 0 Å². The first-order valence-electron chi connectivity index (χ1n) is 12.3. The second kappa shape index (κ2) is 8.65. The second-order valence-corrected chi connectivity index (χ2v) is 9.86. The van der Waals surface area contributed by atoms with E-state index in [1.54, 1.807) is 0 Å². The molecular weight excluding hydrogens is 400 g/mol. The first-order chi connectivity index (χ1) is 15.8. The summed E-state index contributed by atoms with van der Waals surface area (Å²) >= 11 is 0. The normalized spacial score (nSPS) is 22.8. The highest BCUT2D eigenvalue weighted by atomic mass is 16.5. The monoisotopic (exact) mass is 434 g/mol. The molecule has 0 saturated carbocycles. The van der Waals surface area contributed by atoms with Gasteiger partial charge in [0.1, 0.15) is 18.2 Å². The number of hydrogen-bond donors (Lipinski definition) is 2. The van der Waals surface area contributed by atoms with Crippen molar-refractivity contribution >= 4 is 11.5 Å². The summed E-state index contributed by atoms with van der Waals surface area (Å²) in [6.45, 7) is 9.17. The average Bonchev–Trinajstić information content (AvgIpc) is 2.98. The number of benzene rings is 1. The molecule has 0 atom stereocenters. The second-order valence-electron chi connectivity index (χ2n) is 9.86. The van der Waals surface area contributed by atoms with Gasteiger partial charge in [-0.3, -0.25) is 4.90 Å². The number of likely N-dealkylation sites (tertiary alicyclic amines) is 1. The zero-order valence-corrected chi connectivity index (χ0v) is 19.0.